The van der Waals surface area contributed by atoms with E-state index in [0.717, 1.165) is 36.2 Å². The Morgan fingerprint density at radius 2 is 2.00 bits per heavy atom. The molecule has 1 fully saturated rings. The largest absolute Gasteiger partial charge is 0.466 e. The van der Waals surface area contributed by atoms with E-state index in [1.165, 1.54) is 0 Å². The molecule has 0 spiro atoms. The fraction of sp³-hybridized carbons (Fsp3) is 0.550. The van der Waals surface area contributed by atoms with Gasteiger partial charge >= 0.3 is 5.97 Å². The van der Waals surface area contributed by atoms with E-state index in [2.05, 4.69) is 10.6 Å². The van der Waals surface area contributed by atoms with Crippen LogP contribution in [0, 0.1) is 19.8 Å². The van der Waals surface area contributed by atoms with Gasteiger partial charge in [-0.25, -0.2) is 0 Å². The molecule has 0 unspecified atom stereocenters. The lowest BCUT2D eigenvalue weighted by molar-refractivity contribution is -0.150. The van der Waals surface area contributed by atoms with Crippen molar-refractivity contribution in [3.63, 3.8) is 0 Å². The second kappa shape index (κ2) is 10.1. The van der Waals surface area contributed by atoms with Crippen molar-refractivity contribution in [3.05, 3.63) is 29.3 Å². The van der Waals surface area contributed by atoms with E-state index in [-0.39, 0.29) is 36.8 Å². The van der Waals surface area contributed by atoms with Crippen molar-refractivity contribution in [1.29, 1.82) is 0 Å². The molecular weight excluding hydrogens is 346 g/mol. The van der Waals surface area contributed by atoms with Gasteiger partial charge in [-0.1, -0.05) is 12.1 Å². The molecule has 148 valence electrons. The number of nitrogens with one attached hydrogen (secondary N) is 2. The van der Waals surface area contributed by atoms with E-state index in [4.69, 9.17) is 4.74 Å². The van der Waals surface area contributed by atoms with Crippen molar-refractivity contribution in [2.24, 2.45) is 5.92 Å². The summed E-state index contributed by atoms with van der Waals surface area (Å²) in [5, 5.41) is 5.46. The SMILES string of the molecule is CCOC(=O)[C@@H]1CCCN(CC(=O)NCC(=O)Nc2cccc(C)c2C)C1. The summed E-state index contributed by atoms with van der Waals surface area (Å²) in [4.78, 5) is 38.0. The van der Waals surface area contributed by atoms with Gasteiger partial charge in [-0.3, -0.25) is 19.3 Å². The molecule has 7 nitrogen and oxygen atoms in total. The first-order chi connectivity index (χ1) is 12.9. The lowest BCUT2D eigenvalue weighted by Crippen LogP contribution is -2.45. The zero-order valence-electron chi connectivity index (χ0n) is 16.3. The van der Waals surface area contributed by atoms with Gasteiger partial charge in [0.1, 0.15) is 0 Å². The van der Waals surface area contributed by atoms with Gasteiger partial charge in [0.2, 0.25) is 11.8 Å². The highest BCUT2D eigenvalue weighted by molar-refractivity contribution is 5.95. The van der Waals surface area contributed by atoms with Crippen LogP contribution < -0.4 is 10.6 Å². The average Bonchev–Trinajstić information content (AvgIpc) is 2.64. The number of hydrogen-bond donors (Lipinski definition) is 2. The number of ether oxygens (including phenoxy) is 1. The van der Waals surface area contributed by atoms with Crippen molar-refractivity contribution < 1.29 is 19.1 Å². The quantitative estimate of drug-likeness (QED) is 0.708. The van der Waals surface area contributed by atoms with Crippen LogP contribution in [0.15, 0.2) is 18.2 Å². The van der Waals surface area contributed by atoms with E-state index in [0.29, 0.717) is 13.2 Å². The highest BCUT2D eigenvalue weighted by Crippen LogP contribution is 2.18. The Hall–Kier alpha value is -2.41. The molecule has 0 radical (unpaired) electrons. The van der Waals surface area contributed by atoms with E-state index < -0.39 is 0 Å². The van der Waals surface area contributed by atoms with Crippen LogP contribution in [0.2, 0.25) is 0 Å². The van der Waals surface area contributed by atoms with Gasteiger partial charge in [0.25, 0.3) is 0 Å². The first-order valence-electron chi connectivity index (χ1n) is 9.42. The van der Waals surface area contributed by atoms with Crippen molar-refractivity contribution in [1.82, 2.24) is 10.2 Å². The number of benzene rings is 1. The molecule has 0 aliphatic carbocycles. The van der Waals surface area contributed by atoms with Crippen LogP contribution in [0.25, 0.3) is 0 Å². The molecular formula is C20H29N3O4. The first-order valence-corrected chi connectivity index (χ1v) is 9.42. The predicted octanol–water partition coefficient (Wildman–Crippen LogP) is 1.63. The van der Waals surface area contributed by atoms with E-state index in [9.17, 15) is 14.4 Å². The van der Waals surface area contributed by atoms with Crippen LogP contribution in [0.5, 0.6) is 0 Å². The Labute approximate surface area is 160 Å². The number of esters is 1. The van der Waals surface area contributed by atoms with E-state index in [1.807, 2.05) is 36.9 Å². The maximum atomic E-state index is 12.1. The fourth-order valence-corrected chi connectivity index (χ4v) is 3.17. The third kappa shape index (κ3) is 6.36. The smallest absolute Gasteiger partial charge is 0.310 e. The minimum atomic E-state index is -0.264. The number of amides is 2. The molecule has 0 aromatic heterocycles. The second-order valence-electron chi connectivity index (χ2n) is 6.90. The fourth-order valence-electron chi connectivity index (χ4n) is 3.17. The molecule has 2 N–H and O–H groups in total. The summed E-state index contributed by atoms with van der Waals surface area (Å²) in [7, 11) is 0. The Balaban J connectivity index is 1.76. The summed E-state index contributed by atoms with van der Waals surface area (Å²) in [5.41, 5.74) is 2.86. The lowest BCUT2D eigenvalue weighted by Gasteiger charge is -2.30. The van der Waals surface area contributed by atoms with Gasteiger partial charge in [-0.15, -0.1) is 0 Å². The molecule has 7 heteroatoms. The van der Waals surface area contributed by atoms with Crippen molar-refractivity contribution in [2.45, 2.75) is 33.6 Å². The molecule has 1 aliphatic rings. The van der Waals surface area contributed by atoms with Gasteiger partial charge in [0.05, 0.1) is 25.6 Å². The molecule has 0 saturated carbocycles. The molecule has 1 aromatic carbocycles. The van der Waals surface area contributed by atoms with Crippen LogP contribution in [0.1, 0.15) is 30.9 Å². The van der Waals surface area contributed by atoms with Crippen molar-refractivity contribution >= 4 is 23.5 Å². The molecule has 1 atom stereocenters. The maximum absolute atomic E-state index is 12.1. The average molecular weight is 375 g/mol. The Morgan fingerprint density at radius 3 is 2.74 bits per heavy atom. The molecule has 0 bridgehead atoms. The second-order valence-corrected chi connectivity index (χ2v) is 6.90. The lowest BCUT2D eigenvalue weighted by atomic mass is 9.98. The molecule has 1 aromatic rings. The van der Waals surface area contributed by atoms with Crippen LogP contribution in [-0.2, 0) is 19.1 Å². The highest BCUT2D eigenvalue weighted by Gasteiger charge is 2.27. The summed E-state index contributed by atoms with van der Waals surface area (Å²) in [6.07, 6.45) is 1.64. The number of aryl methyl sites for hydroxylation is 1. The van der Waals surface area contributed by atoms with Crippen LogP contribution >= 0.6 is 0 Å². The number of anilines is 1. The predicted molar refractivity (Wildman–Crippen MR) is 103 cm³/mol. The number of hydrogen-bond acceptors (Lipinski definition) is 5. The van der Waals surface area contributed by atoms with E-state index >= 15 is 0 Å². The number of likely N-dealkylation sites (tertiary alicyclic amines) is 1. The minimum Gasteiger partial charge on any atom is -0.466 e. The number of carbonyl (C=O) groups excluding carboxylic acids is 3. The molecule has 1 saturated heterocycles. The van der Waals surface area contributed by atoms with Gasteiger partial charge in [-0.05, 0) is 57.4 Å². The number of rotatable bonds is 7. The molecule has 2 rings (SSSR count). The van der Waals surface area contributed by atoms with Crippen LogP contribution in [0.4, 0.5) is 5.69 Å². The zero-order valence-corrected chi connectivity index (χ0v) is 16.3. The molecule has 1 aliphatic heterocycles. The number of piperidine rings is 1. The van der Waals surface area contributed by atoms with Gasteiger partial charge in [0, 0.05) is 12.2 Å². The van der Waals surface area contributed by atoms with Gasteiger partial charge in [-0.2, -0.15) is 0 Å². The molecule has 2 amide bonds. The number of nitrogens with zero attached hydrogens (tertiary/aromatic N) is 1. The summed E-state index contributed by atoms with van der Waals surface area (Å²) in [6.45, 7) is 7.45. The van der Waals surface area contributed by atoms with E-state index in [1.54, 1.807) is 6.92 Å². The normalized spacial score (nSPS) is 17.2. The summed E-state index contributed by atoms with van der Waals surface area (Å²) in [6, 6.07) is 5.70. The van der Waals surface area contributed by atoms with Crippen molar-refractivity contribution in [2.75, 3.05) is 38.1 Å². The highest BCUT2D eigenvalue weighted by atomic mass is 16.5. The topological polar surface area (TPSA) is 87.7 Å². The van der Waals surface area contributed by atoms with Crippen LogP contribution in [0.3, 0.4) is 0 Å². The van der Waals surface area contributed by atoms with Gasteiger partial charge in [0.15, 0.2) is 0 Å². The third-order valence-corrected chi connectivity index (χ3v) is 4.82. The minimum absolute atomic E-state index is 0.0820. The van der Waals surface area contributed by atoms with Gasteiger partial charge < -0.3 is 15.4 Å². The maximum Gasteiger partial charge on any atom is 0.310 e. The Kier molecular flexibility index (Phi) is 7.79. The molecule has 1 heterocycles. The molecule has 27 heavy (non-hydrogen) atoms. The van der Waals surface area contributed by atoms with Crippen molar-refractivity contribution in [3.8, 4) is 0 Å². The Bertz CT molecular complexity index is 690. The summed E-state index contributed by atoms with van der Waals surface area (Å²) in [5.74, 6) is -0.870. The Morgan fingerprint density at radius 1 is 1.22 bits per heavy atom. The zero-order chi connectivity index (χ0) is 19.8. The first kappa shape index (κ1) is 20.9. The van der Waals surface area contributed by atoms with Crippen LogP contribution in [-0.4, -0.2) is 55.5 Å². The summed E-state index contributed by atoms with van der Waals surface area (Å²) >= 11 is 0. The monoisotopic (exact) mass is 375 g/mol. The number of carbonyl (C=O) groups is 3. The summed E-state index contributed by atoms with van der Waals surface area (Å²) < 4.78 is 5.07. The standard InChI is InChI=1S/C20H29N3O4/c1-4-27-20(26)16-8-6-10-23(12-16)13-19(25)21-11-18(24)22-17-9-5-7-14(2)15(17)3/h5,7,9,16H,4,6,8,10-13H2,1-3H3,(H,21,25)(H,22,24)/t16-/m1/s1. The third-order valence-electron chi connectivity index (χ3n) is 4.82.